The van der Waals surface area contributed by atoms with E-state index in [1.807, 2.05) is 0 Å². The predicted molar refractivity (Wildman–Crippen MR) is 79.6 cm³/mol. The molecule has 0 aliphatic heterocycles. The molecule has 6 nitrogen and oxygen atoms in total. The molecular formula is C12H27AlN6. The molecule has 0 spiro atoms. The maximum Gasteiger partial charge on any atom is 0.855 e. The Balaban J connectivity index is 4.16. The third-order valence-corrected chi connectivity index (χ3v) is 3.50. The second-order valence-corrected chi connectivity index (χ2v) is 5.73. The summed E-state index contributed by atoms with van der Waals surface area (Å²) in [5, 5.41) is 12.4. The van der Waals surface area contributed by atoms with E-state index in [0.29, 0.717) is 0 Å². The summed E-state index contributed by atoms with van der Waals surface area (Å²) in [6, 6.07) is 0. The van der Waals surface area contributed by atoms with Gasteiger partial charge < -0.3 is 0 Å². The van der Waals surface area contributed by atoms with E-state index >= 15 is 0 Å². The summed E-state index contributed by atoms with van der Waals surface area (Å²) in [4.78, 5) is 0. The summed E-state index contributed by atoms with van der Waals surface area (Å²) in [6.45, 7) is 8.69. The van der Waals surface area contributed by atoms with Gasteiger partial charge in [0.05, 0.1) is 19.6 Å². The Morgan fingerprint density at radius 3 is 1.16 bits per heavy atom. The minimum absolute atomic E-state index is 0.759. The van der Waals surface area contributed by atoms with Crippen LogP contribution in [0.3, 0.4) is 0 Å². The first kappa shape index (κ1) is 18.3. The van der Waals surface area contributed by atoms with Crippen LogP contribution < -0.4 is 0 Å². The molecule has 0 atom stereocenters. The van der Waals surface area contributed by atoms with Gasteiger partial charge in [-0.3, -0.25) is 12.3 Å². The lowest BCUT2D eigenvalue weighted by molar-refractivity contribution is 0.768. The molecular weight excluding hydrogens is 255 g/mol. The second kappa shape index (κ2) is 15.4. The molecule has 108 valence electrons. The van der Waals surface area contributed by atoms with E-state index in [0.717, 1.165) is 58.2 Å². The van der Waals surface area contributed by atoms with Gasteiger partial charge in [0.1, 0.15) is 0 Å². The molecule has 0 heterocycles. The first-order chi connectivity index (χ1) is 9.35. The third kappa shape index (κ3) is 13.6. The number of hydrogen-bond donors (Lipinski definition) is 0. The fourth-order valence-corrected chi connectivity index (χ4v) is 2.07. The van der Waals surface area contributed by atoms with Crippen molar-refractivity contribution in [2.24, 2.45) is 27.6 Å². The lowest BCUT2D eigenvalue weighted by Gasteiger charge is -1.93. The molecule has 0 N–H and O–H groups in total. The Hall–Kier alpha value is -0.668. The Kier molecular flexibility index (Phi) is 14.8. The van der Waals surface area contributed by atoms with Crippen molar-refractivity contribution in [1.82, 2.24) is 0 Å². The highest BCUT2D eigenvalue weighted by Gasteiger charge is 2.22. The van der Waals surface area contributed by atoms with Gasteiger partial charge in [0.2, 0.25) is 0 Å². The monoisotopic (exact) mass is 282 g/mol. The van der Waals surface area contributed by atoms with Crippen LogP contribution in [0.15, 0.2) is 27.6 Å². The zero-order valence-electron chi connectivity index (χ0n) is 12.6. The molecule has 0 radical (unpaired) electrons. The Morgan fingerprint density at radius 2 is 0.895 bits per heavy atom. The molecule has 0 amide bonds. The molecule has 0 aliphatic rings. The normalized spacial score (nSPS) is 12.2. The molecule has 0 fully saturated rings. The molecule has 0 aliphatic carbocycles. The van der Waals surface area contributed by atoms with Crippen molar-refractivity contribution in [1.29, 1.82) is 0 Å². The zero-order valence-corrected chi connectivity index (χ0v) is 13.8. The van der Waals surface area contributed by atoms with Crippen LogP contribution in [0.2, 0.25) is 0 Å². The quantitative estimate of drug-likeness (QED) is 0.282. The highest BCUT2D eigenvalue weighted by Crippen LogP contribution is 1.99. The van der Waals surface area contributed by atoms with E-state index in [1.54, 1.807) is 0 Å². The van der Waals surface area contributed by atoms with Crippen LogP contribution in [-0.2, 0) is 0 Å². The van der Waals surface area contributed by atoms with Crippen LogP contribution in [0.5, 0.6) is 0 Å². The van der Waals surface area contributed by atoms with Crippen molar-refractivity contribution in [2.75, 3.05) is 19.6 Å². The average Bonchev–Trinajstić information content (AvgIpc) is 2.43. The standard InChI is InChI=1S/3C4H9N2.Al/c3*1-2-3-4-6-5;/h3*2-4H2,1H3;/q3*-1;+3. The third-order valence-electron chi connectivity index (χ3n) is 2.39. The van der Waals surface area contributed by atoms with Gasteiger partial charge in [0, 0.05) is 0 Å². The summed E-state index contributed by atoms with van der Waals surface area (Å²) in [5.74, 6) is 0. The SMILES string of the molecule is CCCC/N=[N]/[Al](/[N]=N/CCCC)/[N]=N/CCCC. The largest absolute Gasteiger partial charge is 0.855 e. The van der Waals surface area contributed by atoms with Gasteiger partial charge in [0.25, 0.3) is 0 Å². The second-order valence-electron chi connectivity index (χ2n) is 4.35. The highest BCUT2D eigenvalue weighted by atomic mass is 27.2. The molecule has 0 saturated carbocycles. The topological polar surface area (TPSA) is 74.2 Å². The molecule has 0 rings (SSSR count). The predicted octanol–water partition coefficient (Wildman–Crippen LogP) is 4.73. The fraction of sp³-hybridized carbons (Fsp3) is 1.00. The zero-order chi connectivity index (χ0) is 14.2. The molecule has 0 unspecified atom stereocenters. The van der Waals surface area contributed by atoms with Crippen LogP contribution in [0, 0.1) is 0 Å². The van der Waals surface area contributed by atoms with Crippen LogP contribution in [0.25, 0.3) is 0 Å². The molecule has 0 aromatic rings. The Labute approximate surface area is 121 Å². The van der Waals surface area contributed by atoms with Gasteiger partial charge in [0.15, 0.2) is 0 Å². The number of rotatable bonds is 12. The van der Waals surface area contributed by atoms with Crippen LogP contribution >= 0.6 is 0 Å². The van der Waals surface area contributed by atoms with Gasteiger partial charge in [-0.25, -0.2) is 15.3 Å². The Morgan fingerprint density at radius 1 is 0.579 bits per heavy atom. The first-order valence-corrected chi connectivity index (χ1v) is 8.99. The van der Waals surface area contributed by atoms with Crippen molar-refractivity contribution in [3.63, 3.8) is 0 Å². The van der Waals surface area contributed by atoms with Crippen molar-refractivity contribution >= 4 is 14.8 Å². The van der Waals surface area contributed by atoms with Gasteiger partial charge in [-0.15, -0.1) is 0 Å². The van der Waals surface area contributed by atoms with Gasteiger partial charge in [-0.2, -0.15) is 0 Å². The van der Waals surface area contributed by atoms with E-state index in [4.69, 9.17) is 0 Å². The average molecular weight is 282 g/mol. The number of nitrogens with zero attached hydrogens (tertiary/aromatic N) is 6. The molecule has 19 heavy (non-hydrogen) atoms. The van der Waals surface area contributed by atoms with Crippen LogP contribution in [-0.4, -0.2) is 34.4 Å². The van der Waals surface area contributed by atoms with Gasteiger partial charge in [-0.1, -0.05) is 40.0 Å². The van der Waals surface area contributed by atoms with Gasteiger partial charge in [-0.05, 0) is 19.3 Å². The molecule has 0 aromatic carbocycles. The van der Waals surface area contributed by atoms with Crippen molar-refractivity contribution in [3.8, 4) is 0 Å². The molecule has 0 aromatic heterocycles. The van der Waals surface area contributed by atoms with Crippen molar-refractivity contribution < 1.29 is 0 Å². The Bertz CT molecular complexity index is 224. The summed E-state index contributed by atoms with van der Waals surface area (Å²) in [5.41, 5.74) is 0. The first-order valence-electron chi connectivity index (χ1n) is 7.44. The maximum absolute atomic E-state index is 4.20. The fourth-order valence-electron chi connectivity index (χ4n) is 1.15. The minimum atomic E-state index is -1.99. The summed E-state index contributed by atoms with van der Waals surface area (Å²) < 4.78 is 12.6. The van der Waals surface area contributed by atoms with Crippen molar-refractivity contribution in [3.05, 3.63) is 0 Å². The summed E-state index contributed by atoms with van der Waals surface area (Å²) in [7, 11) is 0. The highest BCUT2D eigenvalue weighted by molar-refractivity contribution is 6.51. The van der Waals surface area contributed by atoms with Crippen molar-refractivity contribution in [2.45, 2.75) is 59.3 Å². The van der Waals surface area contributed by atoms with Crippen LogP contribution in [0.1, 0.15) is 59.3 Å². The van der Waals surface area contributed by atoms with E-state index in [2.05, 4.69) is 48.4 Å². The van der Waals surface area contributed by atoms with E-state index in [1.165, 1.54) is 0 Å². The number of unbranched alkanes of at least 4 members (excludes halogenated alkanes) is 3. The lowest BCUT2D eigenvalue weighted by Crippen LogP contribution is -2.02. The van der Waals surface area contributed by atoms with Crippen LogP contribution in [0.4, 0.5) is 0 Å². The van der Waals surface area contributed by atoms with E-state index in [9.17, 15) is 0 Å². The van der Waals surface area contributed by atoms with Gasteiger partial charge >= 0.3 is 14.8 Å². The maximum atomic E-state index is 4.20. The smallest absolute Gasteiger partial charge is 0.258 e. The molecule has 0 bridgehead atoms. The lowest BCUT2D eigenvalue weighted by atomic mass is 10.3. The number of hydrogen-bond acceptors (Lipinski definition) is 6. The summed E-state index contributed by atoms with van der Waals surface area (Å²) in [6.07, 6.45) is 6.56. The molecule has 0 saturated heterocycles. The molecule has 7 heteroatoms. The van der Waals surface area contributed by atoms with E-state index < -0.39 is 14.8 Å². The minimum Gasteiger partial charge on any atom is -0.258 e. The summed E-state index contributed by atoms with van der Waals surface area (Å²) >= 11 is -1.99. The van der Waals surface area contributed by atoms with E-state index in [-0.39, 0.29) is 0 Å².